The molecule has 136 valence electrons. The molecule has 3 rings (SSSR count). The summed E-state index contributed by atoms with van der Waals surface area (Å²) in [5, 5.41) is 3.26. The number of anilines is 2. The second kappa shape index (κ2) is 7.79. The van der Waals surface area contributed by atoms with Gasteiger partial charge in [0.05, 0.1) is 11.1 Å². The lowest BCUT2D eigenvalue weighted by atomic mass is 10.1. The molecule has 0 radical (unpaired) electrons. The lowest BCUT2D eigenvalue weighted by Crippen LogP contribution is -2.23. The standard InChI is InChI=1S/C20H21ClN2O3/c1-13(2)26-18-10-7-15(12-17(18)21)22-20(25)14-5-8-16(9-6-14)23-11-3-4-19(23)24/h5-10,12-13H,3-4,11H2,1-2H3,(H,22,25). The summed E-state index contributed by atoms with van der Waals surface area (Å²) in [7, 11) is 0. The molecule has 1 N–H and O–H groups in total. The minimum atomic E-state index is -0.238. The Morgan fingerprint density at radius 1 is 1.19 bits per heavy atom. The van der Waals surface area contributed by atoms with Crippen LogP contribution in [0, 0.1) is 0 Å². The van der Waals surface area contributed by atoms with Crippen LogP contribution in [0.5, 0.6) is 5.75 Å². The summed E-state index contributed by atoms with van der Waals surface area (Å²) in [6.07, 6.45) is 1.48. The van der Waals surface area contributed by atoms with Crippen molar-refractivity contribution in [2.75, 3.05) is 16.8 Å². The summed E-state index contributed by atoms with van der Waals surface area (Å²) < 4.78 is 5.58. The van der Waals surface area contributed by atoms with Crippen molar-refractivity contribution in [1.82, 2.24) is 0 Å². The van der Waals surface area contributed by atoms with Crippen LogP contribution in [-0.4, -0.2) is 24.5 Å². The van der Waals surface area contributed by atoms with Gasteiger partial charge in [0, 0.05) is 29.9 Å². The van der Waals surface area contributed by atoms with Gasteiger partial charge in [-0.3, -0.25) is 9.59 Å². The van der Waals surface area contributed by atoms with Crippen LogP contribution in [0.2, 0.25) is 5.02 Å². The van der Waals surface area contributed by atoms with E-state index in [1.54, 1.807) is 47.4 Å². The van der Waals surface area contributed by atoms with Crippen molar-refractivity contribution < 1.29 is 14.3 Å². The molecule has 0 aliphatic carbocycles. The highest BCUT2D eigenvalue weighted by molar-refractivity contribution is 6.32. The summed E-state index contributed by atoms with van der Waals surface area (Å²) in [6, 6.07) is 12.2. The topological polar surface area (TPSA) is 58.6 Å². The van der Waals surface area contributed by atoms with Crippen molar-refractivity contribution in [2.24, 2.45) is 0 Å². The average molecular weight is 373 g/mol. The first-order chi connectivity index (χ1) is 12.4. The number of amides is 2. The summed E-state index contributed by atoms with van der Waals surface area (Å²) in [5.74, 6) is 0.470. The number of carbonyl (C=O) groups excluding carboxylic acids is 2. The molecule has 0 spiro atoms. The second-order valence-electron chi connectivity index (χ2n) is 6.46. The van der Waals surface area contributed by atoms with E-state index in [0.717, 1.165) is 18.7 Å². The maximum absolute atomic E-state index is 12.4. The number of hydrogen-bond donors (Lipinski definition) is 1. The third kappa shape index (κ3) is 4.17. The molecular weight excluding hydrogens is 352 g/mol. The lowest BCUT2D eigenvalue weighted by molar-refractivity contribution is -0.117. The van der Waals surface area contributed by atoms with E-state index in [2.05, 4.69) is 5.32 Å². The Hall–Kier alpha value is -2.53. The van der Waals surface area contributed by atoms with Crippen LogP contribution in [0.25, 0.3) is 0 Å². The largest absolute Gasteiger partial charge is 0.489 e. The number of rotatable bonds is 5. The van der Waals surface area contributed by atoms with Crippen LogP contribution in [0.15, 0.2) is 42.5 Å². The number of ether oxygens (including phenoxy) is 1. The first kappa shape index (κ1) is 18.3. The highest BCUT2D eigenvalue weighted by Crippen LogP contribution is 2.29. The van der Waals surface area contributed by atoms with Gasteiger partial charge in [-0.05, 0) is 62.7 Å². The Morgan fingerprint density at radius 2 is 1.92 bits per heavy atom. The van der Waals surface area contributed by atoms with Crippen LogP contribution in [0.3, 0.4) is 0 Å². The average Bonchev–Trinajstić information content (AvgIpc) is 3.03. The smallest absolute Gasteiger partial charge is 0.255 e. The number of nitrogens with zero attached hydrogens (tertiary/aromatic N) is 1. The van der Waals surface area contributed by atoms with Crippen LogP contribution in [0.4, 0.5) is 11.4 Å². The summed E-state index contributed by atoms with van der Waals surface area (Å²) in [5.41, 5.74) is 1.93. The fraction of sp³-hybridized carbons (Fsp3) is 0.300. The molecule has 1 fully saturated rings. The van der Waals surface area contributed by atoms with Crippen LogP contribution >= 0.6 is 11.6 Å². The maximum atomic E-state index is 12.4. The van der Waals surface area contributed by atoms with Crippen LogP contribution < -0.4 is 15.0 Å². The number of benzene rings is 2. The highest BCUT2D eigenvalue weighted by Gasteiger charge is 2.21. The molecule has 2 aromatic rings. The summed E-state index contributed by atoms with van der Waals surface area (Å²) in [4.78, 5) is 25.9. The molecule has 1 saturated heterocycles. The van der Waals surface area contributed by atoms with Gasteiger partial charge in [-0.25, -0.2) is 0 Å². The predicted octanol–water partition coefficient (Wildman–Crippen LogP) is 4.51. The number of carbonyl (C=O) groups is 2. The van der Waals surface area contributed by atoms with E-state index in [-0.39, 0.29) is 17.9 Å². The fourth-order valence-corrected chi connectivity index (χ4v) is 3.07. The highest BCUT2D eigenvalue weighted by atomic mass is 35.5. The van der Waals surface area contributed by atoms with E-state index < -0.39 is 0 Å². The molecule has 1 heterocycles. The van der Waals surface area contributed by atoms with Crippen LogP contribution in [-0.2, 0) is 4.79 Å². The number of nitrogens with one attached hydrogen (secondary N) is 1. The summed E-state index contributed by atoms with van der Waals surface area (Å²) in [6.45, 7) is 4.57. The van der Waals surface area contributed by atoms with Gasteiger partial charge in [0.25, 0.3) is 5.91 Å². The second-order valence-corrected chi connectivity index (χ2v) is 6.87. The Kier molecular flexibility index (Phi) is 5.47. The van der Waals surface area contributed by atoms with Gasteiger partial charge >= 0.3 is 0 Å². The lowest BCUT2D eigenvalue weighted by Gasteiger charge is -2.16. The molecule has 0 aromatic heterocycles. The molecule has 0 bridgehead atoms. The molecule has 2 aromatic carbocycles. The monoisotopic (exact) mass is 372 g/mol. The van der Waals surface area contributed by atoms with Crippen molar-refractivity contribution >= 4 is 34.8 Å². The molecule has 6 heteroatoms. The van der Waals surface area contributed by atoms with Gasteiger partial charge < -0.3 is 15.0 Å². The van der Waals surface area contributed by atoms with E-state index in [9.17, 15) is 9.59 Å². The number of hydrogen-bond acceptors (Lipinski definition) is 3. The quantitative estimate of drug-likeness (QED) is 0.840. The third-order valence-corrected chi connectivity index (χ3v) is 4.36. The van der Waals surface area contributed by atoms with Gasteiger partial charge in [-0.1, -0.05) is 11.6 Å². The Labute approximate surface area is 157 Å². The zero-order valence-electron chi connectivity index (χ0n) is 14.8. The molecular formula is C20H21ClN2O3. The molecule has 1 aliphatic heterocycles. The van der Waals surface area contributed by atoms with E-state index in [0.29, 0.717) is 28.4 Å². The molecule has 5 nitrogen and oxygen atoms in total. The maximum Gasteiger partial charge on any atom is 0.255 e. The molecule has 0 saturated carbocycles. The van der Waals surface area contributed by atoms with Crippen molar-refractivity contribution in [1.29, 1.82) is 0 Å². The van der Waals surface area contributed by atoms with Crippen molar-refractivity contribution in [2.45, 2.75) is 32.8 Å². The zero-order chi connectivity index (χ0) is 18.7. The number of halogens is 1. The van der Waals surface area contributed by atoms with E-state index >= 15 is 0 Å². The first-order valence-electron chi connectivity index (χ1n) is 8.62. The molecule has 26 heavy (non-hydrogen) atoms. The van der Waals surface area contributed by atoms with E-state index in [1.807, 2.05) is 13.8 Å². The summed E-state index contributed by atoms with van der Waals surface area (Å²) >= 11 is 6.20. The normalized spacial score (nSPS) is 14.0. The van der Waals surface area contributed by atoms with Crippen molar-refractivity contribution in [3.05, 3.63) is 53.1 Å². The third-order valence-electron chi connectivity index (χ3n) is 4.07. The first-order valence-corrected chi connectivity index (χ1v) is 9.00. The molecule has 0 unspecified atom stereocenters. The SMILES string of the molecule is CC(C)Oc1ccc(NC(=O)c2ccc(N3CCCC3=O)cc2)cc1Cl. The van der Waals surface area contributed by atoms with Crippen molar-refractivity contribution in [3.8, 4) is 5.75 Å². The van der Waals surface area contributed by atoms with Gasteiger partial charge in [-0.15, -0.1) is 0 Å². The zero-order valence-corrected chi connectivity index (χ0v) is 15.5. The van der Waals surface area contributed by atoms with Gasteiger partial charge in [0.15, 0.2) is 0 Å². The minimum Gasteiger partial charge on any atom is -0.489 e. The van der Waals surface area contributed by atoms with Crippen LogP contribution in [0.1, 0.15) is 37.0 Å². The Morgan fingerprint density at radius 3 is 2.50 bits per heavy atom. The Balaban J connectivity index is 1.68. The van der Waals surface area contributed by atoms with E-state index in [4.69, 9.17) is 16.3 Å². The minimum absolute atomic E-state index is 0.0222. The fourth-order valence-electron chi connectivity index (χ4n) is 2.85. The van der Waals surface area contributed by atoms with Gasteiger partial charge in [0.2, 0.25) is 5.91 Å². The van der Waals surface area contributed by atoms with Crippen molar-refractivity contribution in [3.63, 3.8) is 0 Å². The molecule has 0 atom stereocenters. The molecule has 2 amide bonds. The molecule has 1 aliphatic rings. The van der Waals surface area contributed by atoms with Gasteiger partial charge in [0.1, 0.15) is 5.75 Å². The van der Waals surface area contributed by atoms with Gasteiger partial charge in [-0.2, -0.15) is 0 Å². The Bertz CT molecular complexity index is 818. The predicted molar refractivity (Wildman–Crippen MR) is 103 cm³/mol. The van der Waals surface area contributed by atoms with E-state index in [1.165, 1.54) is 0 Å².